The summed E-state index contributed by atoms with van der Waals surface area (Å²) in [6.45, 7) is 5.21. The Morgan fingerprint density at radius 1 is 1.30 bits per heavy atom. The van der Waals surface area contributed by atoms with Gasteiger partial charge in [-0.1, -0.05) is 25.1 Å². The number of halogens is 3. The highest BCUT2D eigenvalue weighted by atomic mass is 19.4. The zero-order valence-corrected chi connectivity index (χ0v) is 11.3. The first-order valence-electron chi connectivity index (χ1n) is 6.56. The van der Waals surface area contributed by atoms with Crippen LogP contribution in [0.4, 0.5) is 13.2 Å². The molecule has 1 aromatic rings. The molecule has 5 heteroatoms. The minimum Gasteiger partial charge on any atom is -0.322 e. The van der Waals surface area contributed by atoms with Crippen molar-refractivity contribution in [3.05, 3.63) is 46.7 Å². The summed E-state index contributed by atoms with van der Waals surface area (Å²) in [4.78, 5) is 0. The van der Waals surface area contributed by atoms with Crippen LogP contribution in [0, 0.1) is 0 Å². The van der Waals surface area contributed by atoms with Crippen LogP contribution in [-0.2, 0) is 6.54 Å². The van der Waals surface area contributed by atoms with Gasteiger partial charge in [-0.3, -0.25) is 0 Å². The molecule has 0 saturated carbocycles. The third-order valence-electron chi connectivity index (χ3n) is 3.78. The number of rotatable bonds is 1. The normalized spacial score (nSPS) is 18.6. The van der Waals surface area contributed by atoms with Crippen molar-refractivity contribution in [3.8, 4) is 0 Å². The number of hydrogen-bond donors (Lipinski definition) is 1. The van der Waals surface area contributed by atoms with E-state index >= 15 is 0 Å². The Labute approximate surface area is 115 Å². The molecule has 0 saturated heterocycles. The quantitative estimate of drug-likeness (QED) is 0.843. The van der Waals surface area contributed by atoms with Gasteiger partial charge in [0.05, 0.1) is 5.57 Å². The summed E-state index contributed by atoms with van der Waals surface area (Å²) >= 11 is 0. The van der Waals surface area contributed by atoms with Gasteiger partial charge >= 0.3 is 6.18 Å². The van der Waals surface area contributed by atoms with Gasteiger partial charge in [0.25, 0.3) is 0 Å². The standard InChI is InChI=1S/C15H15F3N2/c1-3-20-8-10-5-4-6-11-13(15(16,17)18)7-12(14(10)11)9(2)19-20/h4-7,19H,3,8H2,1-2H3. The summed E-state index contributed by atoms with van der Waals surface area (Å²) < 4.78 is 39.5. The van der Waals surface area contributed by atoms with E-state index in [9.17, 15) is 13.2 Å². The monoisotopic (exact) mass is 280 g/mol. The number of hydrogen-bond acceptors (Lipinski definition) is 2. The smallest absolute Gasteiger partial charge is 0.322 e. The molecule has 0 fully saturated rings. The highest BCUT2D eigenvalue weighted by Crippen LogP contribution is 2.46. The van der Waals surface area contributed by atoms with E-state index in [1.807, 2.05) is 24.9 Å². The minimum absolute atomic E-state index is 0.295. The Hall–Kier alpha value is -1.75. The van der Waals surface area contributed by atoms with Gasteiger partial charge in [0.1, 0.15) is 0 Å². The van der Waals surface area contributed by atoms with Gasteiger partial charge in [-0.25, -0.2) is 5.01 Å². The molecule has 106 valence electrons. The van der Waals surface area contributed by atoms with E-state index < -0.39 is 11.7 Å². The predicted molar refractivity (Wildman–Crippen MR) is 72.3 cm³/mol. The highest BCUT2D eigenvalue weighted by molar-refractivity contribution is 5.99. The first kappa shape index (κ1) is 13.2. The molecule has 0 unspecified atom stereocenters. The largest absolute Gasteiger partial charge is 0.417 e. The topological polar surface area (TPSA) is 15.3 Å². The van der Waals surface area contributed by atoms with E-state index in [0.29, 0.717) is 17.7 Å². The molecule has 0 aromatic heterocycles. The molecule has 20 heavy (non-hydrogen) atoms. The average molecular weight is 280 g/mol. The van der Waals surface area contributed by atoms with Crippen molar-refractivity contribution in [2.45, 2.75) is 26.6 Å². The summed E-state index contributed by atoms with van der Waals surface area (Å²) in [5, 5.41) is 2.00. The van der Waals surface area contributed by atoms with Gasteiger partial charge in [0, 0.05) is 24.4 Å². The van der Waals surface area contributed by atoms with Crippen LogP contribution >= 0.6 is 0 Å². The van der Waals surface area contributed by atoms with Crippen molar-refractivity contribution < 1.29 is 13.2 Å². The first-order valence-corrected chi connectivity index (χ1v) is 6.56. The predicted octanol–water partition coefficient (Wildman–Crippen LogP) is 3.72. The van der Waals surface area contributed by atoms with Crippen LogP contribution in [0.3, 0.4) is 0 Å². The van der Waals surface area contributed by atoms with Gasteiger partial charge in [0.15, 0.2) is 0 Å². The molecule has 1 aliphatic carbocycles. The molecule has 1 N–H and O–H groups in total. The summed E-state index contributed by atoms with van der Waals surface area (Å²) in [6.07, 6.45) is -3.06. The van der Waals surface area contributed by atoms with E-state index in [-0.39, 0.29) is 0 Å². The van der Waals surface area contributed by atoms with Crippen LogP contribution in [0.25, 0.3) is 11.1 Å². The molecule has 0 atom stereocenters. The molecule has 0 spiro atoms. The second-order valence-corrected chi connectivity index (χ2v) is 5.06. The lowest BCUT2D eigenvalue weighted by molar-refractivity contribution is -0.0687. The van der Waals surface area contributed by atoms with Crippen molar-refractivity contribution in [2.75, 3.05) is 6.54 Å². The lowest BCUT2D eigenvalue weighted by Crippen LogP contribution is -2.35. The second kappa shape index (κ2) is 4.38. The van der Waals surface area contributed by atoms with Crippen LogP contribution < -0.4 is 5.43 Å². The molecule has 0 radical (unpaired) electrons. The number of hydrazine groups is 1. The average Bonchev–Trinajstić information content (AvgIpc) is 2.71. The molecule has 2 aliphatic rings. The molecule has 1 aromatic carbocycles. The Morgan fingerprint density at radius 3 is 2.70 bits per heavy atom. The molecule has 1 heterocycles. The van der Waals surface area contributed by atoms with Crippen molar-refractivity contribution in [3.63, 3.8) is 0 Å². The van der Waals surface area contributed by atoms with Crippen molar-refractivity contribution in [1.29, 1.82) is 0 Å². The SMILES string of the molecule is CCN1Cc2cccc3c2C(=C(C)N1)C=C3C(F)(F)F. The van der Waals surface area contributed by atoms with Crippen LogP contribution in [0.5, 0.6) is 0 Å². The molecule has 2 nitrogen and oxygen atoms in total. The lowest BCUT2D eigenvalue weighted by atomic mass is 9.97. The van der Waals surface area contributed by atoms with Crippen molar-refractivity contribution >= 4 is 11.1 Å². The highest BCUT2D eigenvalue weighted by Gasteiger charge is 2.40. The van der Waals surface area contributed by atoms with Gasteiger partial charge in [-0.15, -0.1) is 0 Å². The van der Waals surface area contributed by atoms with Crippen LogP contribution in [0.15, 0.2) is 30.0 Å². The van der Waals surface area contributed by atoms with Gasteiger partial charge in [-0.05, 0) is 29.7 Å². The second-order valence-electron chi connectivity index (χ2n) is 5.06. The van der Waals surface area contributed by atoms with E-state index in [1.54, 1.807) is 12.1 Å². The summed E-state index contributed by atoms with van der Waals surface area (Å²) in [5.41, 5.74) is 6.00. The molecule has 3 rings (SSSR count). The maximum atomic E-state index is 13.2. The van der Waals surface area contributed by atoms with Crippen molar-refractivity contribution in [2.24, 2.45) is 0 Å². The fourth-order valence-corrected chi connectivity index (χ4v) is 2.83. The van der Waals surface area contributed by atoms with E-state index in [1.165, 1.54) is 6.08 Å². The Balaban J connectivity index is 2.24. The third-order valence-corrected chi connectivity index (χ3v) is 3.78. The summed E-state index contributed by atoms with van der Waals surface area (Å²) in [7, 11) is 0. The molecule has 1 aliphatic heterocycles. The van der Waals surface area contributed by atoms with E-state index in [4.69, 9.17) is 0 Å². The summed E-state index contributed by atoms with van der Waals surface area (Å²) in [6, 6.07) is 5.15. The third kappa shape index (κ3) is 1.93. The Morgan fingerprint density at radius 2 is 2.05 bits per heavy atom. The zero-order chi connectivity index (χ0) is 14.5. The van der Waals surface area contributed by atoms with Crippen LogP contribution in [-0.4, -0.2) is 17.7 Å². The maximum Gasteiger partial charge on any atom is 0.417 e. The summed E-state index contributed by atoms with van der Waals surface area (Å²) in [5.74, 6) is 0. The minimum atomic E-state index is -4.32. The van der Waals surface area contributed by atoms with Crippen LogP contribution in [0.1, 0.15) is 30.5 Å². The molecule has 0 amide bonds. The van der Waals surface area contributed by atoms with Crippen LogP contribution in [0.2, 0.25) is 0 Å². The number of alkyl halides is 3. The maximum absolute atomic E-state index is 13.2. The van der Waals surface area contributed by atoms with Gasteiger partial charge in [-0.2, -0.15) is 13.2 Å². The molecular formula is C15H15F3N2. The Kier molecular flexibility index (Phi) is 2.90. The lowest BCUT2D eigenvalue weighted by Gasteiger charge is -2.21. The molecular weight excluding hydrogens is 265 g/mol. The van der Waals surface area contributed by atoms with Gasteiger partial charge < -0.3 is 5.43 Å². The number of nitrogens with one attached hydrogen (secondary N) is 1. The first-order chi connectivity index (χ1) is 9.41. The fourth-order valence-electron chi connectivity index (χ4n) is 2.83. The number of allylic oxidation sites excluding steroid dienone is 4. The van der Waals surface area contributed by atoms with Crippen molar-refractivity contribution in [1.82, 2.24) is 10.4 Å². The molecule has 0 bridgehead atoms. The van der Waals surface area contributed by atoms with E-state index in [0.717, 1.165) is 23.4 Å². The van der Waals surface area contributed by atoms with Gasteiger partial charge in [0.2, 0.25) is 0 Å². The van der Waals surface area contributed by atoms with E-state index in [2.05, 4.69) is 5.43 Å². The fraction of sp³-hybridized carbons (Fsp3) is 0.333. The number of benzene rings is 1. The zero-order valence-electron chi connectivity index (χ0n) is 11.3. The number of nitrogens with zero attached hydrogens (tertiary/aromatic N) is 1. The Bertz CT molecular complexity index is 626.